The molecule has 1 N–H and O–H groups in total. The number of aromatic nitrogens is 1. The number of nitro groups is 1. The van der Waals surface area contributed by atoms with Crippen molar-refractivity contribution in [3.05, 3.63) is 57.5 Å². The van der Waals surface area contributed by atoms with Gasteiger partial charge < -0.3 is 15.0 Å². The third-order valence-corrected chi connectivity index (χ3v) is 8.07. The van der Waals surface area contributed by atoms with Crippen LogP contribution in [-0.2, 0) is 0 Å². The minimum atomic E-state index is -0.426. The molecule has 34 heavy (non-hydrogen) atoms. The number of benzene rings is 2. The van der Waals surface area contributed by atoms with Crippen molar-refractivity contribution >= 4 is 59.7 Å². The van der Waals surface area contributed by atoms with Gasteiger partial charge in [-0.3, -0.25) is 19.8 Å². The molecule has 0 unspecified atom stereocenters. The first-order chi connectivity index (χ1) is 16.5. The van der Waals surface area contributed by atoms with Crippen LogP contribution in [0.3, 0.4) is 0 Å². The Morgan fingerprint density at radius 3 is 2.71 bits per heavy atom. The molecule has 2 aromatic heterocycles. The Morgan fingerprint density at radius 2 is 1.94 bits per heavy atom. The van der Waals surface area contributed by atoms with Crippen LogP contribution in [0.5, 0.6) is 5.75 Å². The van der Waals surface area contributed by atoms with Crippen LogP contribution in [0.2, 0.25) is 0 Å². The maximum absolute atomic E-state index is 12.6. The van der Waals surface area contributed by atoms with Crippen LogP contribution in [-0.4, -0.2) is 67.1 Å². The monoisotopic (exact) mass is 497 g/mol. The van der Waals surface area contributed by atoms with Gasteiger partial charge in [0.15, 0.2) is 5.13 Å². The number of anilines is 1. The molecule has 0 bridgehead atoms. The Labute approximate surface area is 203 Å². The van der Waals surface area contributed by atoms with Crippen molar-refractivity contribution in [2.75, 3.05) is 51.3 Å². The van der Waals surface area contributed by atoms with Gasteiger partial charge in [-0.1, -0.05) is 11.3 Å². The number of hydrogen-bond donors (Lipinski definition) is 1. The van der Waals surface area contributed by atoms with Crippen molar-refractivity contribution in [2.45, 2.75) is 0 Å². The molecule has 9 nitrogen and oxygen atoms in total. The number of thiophene rings is 1. The zero-order valence-corrected chi connectivity index (χ0v) is 20.2. The van der Waals surface area contributed by atoms with Gasteiger partial charge in [-0.05, 0) is 30.3 Å². The largest absolute Gasteiger partial charge is 0.497 e. The fourth-order valence-corrected chi connectivity index (χ4v) is 5.99. The second kappa shape index (κ2) is 9.53. The number of carbonyl (C=O) groups excluding carboxylic acids is 1. The molecule has 1 aliphatic rings. The van der Waals surface area contributed by atoms with Gasteiger partial charge in [0.2, 0.25) is 0 Å². The first-order valence-corrected chi connectivity index (χ1v) is 12.5. The average Bonchev–Trinajstić information content (AvgIpc) is 3.47. The summed E-state index contributed by atoms with van der Waals surface area (Å²) < 4.78 is 7.29. The number of methoxy groups -OCH3 is 1. The minimum Gasteiger partial charge on any atom is -0.497 e. The lowest BCUT2D eigenvalue weighted by molar-refractivity contribution is -0.384. The van der Waals surface area contributed by atoms with Crippen LogP contribution < -0.4 is 15.0 Å². The molecule has 2 aromatic carbocycles. The summed E-state index contributed by atoms with van der Waals surface area (Å²) in [5.74, 6) is 0.693. The first kappa shape index (κ1) is 22.5. The topological polar surface area (TPSA) is 101 Å². The van der Waals surface area contributed by atoms with Crippen LogP contribution in [0.25, 0.3) is 20.3 Å². The Bertz CT molecular complexity index is 1360. The molecule has 1 amide bonds. The van der Waals surface area contributed by atoms with Gasteiger partial charge in [-0.15, -0.1) is 11.3 Å². The summed E-state index contributed by atoms with van der Waals surface area (Å²) in [4.78, 5) is 33.1. The molecule has 4 aromatic rings. The van der Waals surface area contributed by atoms with E-state index in [-0.39, 0.29) is 11.6 Å². The average molecular weight is 498 g/mol. The Hall–Kier alpha value is -3.28. The van der Waals surface area contributed by atoms with Crippen molar-refractivity contribution in [3.63, 3.8) is 0 Å². The molecule has 0 aliphatic carbocycles. The minimum absolute atomic E-state index is 0.0296. The highest BCUT2D eigenvalue weighted by atomic mass is 32.1. The van der Waals surface area contributed by atoms with E-state index in [0.717, 1.165) is 58.5 Å². The number of amides is 1. The maximum Gasteiger partial charge on any atom is 0.270 e. The van der Waals surface area contributed by atoms with Gasteiger partial charge in [0.05, 0.1) is 27.1 Å². The third-order valence-electron chi connectivity index (χ3n) is 5.88. The van der Waals surface area contributed by atoms with Crippen molar-refractivity contribution in [3.8, 4) is 5.75 Å². The highest BCUT2D eigenvalue weighted by Crippen LogP contribution is 2.32. The molecule has 1 saturated heterocycles. The van der Waals surface area contributed by atoms with Crippen molar-refractivity contribution in [1.29, 1.82) is 0 Å². The number of piperazine rings is 1. The number of nitrogens with one attached hydrogen (secondary N) is 1. The highest BCUT2D eigenvalue weighted by Gasteiger charge is 2.20. The lowest BCUT2D eigenvalue weighted by atomic mass is 10.2. The predicted octanol–water partition coefficient (Wildman–Crippen LogP) is 3.98. The molecule has 1 fully saturated rings. The molecule has 0 atom stereocenters. The van der Waals surface area contributed by atoms with Crippen molar-refractivity contribution in [1.82, 2.24) is 15.2 Å². The van der Waals surface area contributed by atoms with E-state index in [2.05, 4.69) is 15.1 Å². The van der Waals surface area contributed by atoms with Crippen molar-refractivity contribution < 1.29 is 14.5 Å². The van der Waals surface area contributed by atoms with Gasteiger partial charge in [0, 0.05) is 61.5 Å². The number of rotatable bonds is 7. The number of carbonyl (C=O) groups is 1. The van der Waals surface area contributed by atoms with E-state index >= 15 is 0 Å². The van der Waals surface area contributed by atoms with Gasteiger partial charge in [-0.2, -0.15) is 0 Å². The Kier molecular flexibility index (Phi) is 6.31. The van der Waals surface area contributed by atoms with Crippen LogP contribution in [0, 0.1) is 10.1 Å². The fraction of sp³-hybridized carbons (Fsp3) is 0.304. The summed E-state index contributed by atoms with van der Waals surface area (Å²) in [7, 11) is 1.67. The molecule has 3 heterocycles. The van der Waals surface area contributed by atoms with E-state index in [1.165, 1.54) is 23.5 Å². The zero-order chi connectivity index (χ0) is 23.7. The molecule has 0 saturated carbocycles. The van der Waals surface area contributed by atoms with E-state index in [0.29, 0.717) is 16.8 Å². The smallest absolute Gasteiger partial charge is 0.270 e. The predicted molar refractivity (Wildman–Crippen MR) is 136 cm³/mol. The number of nitrogens with zero attached hydrogens (tertiary/aromatic N) is 4. The van der Waals surface area contributed by atoms with E-state index in [4.69, 9.17) is 9.72 Å². The lowest BCUT2D eigenvalue weighted by Crippen LogP contribution is -2.48. The van der Waals surface area contributed by atoms with E-state index in [1.54, 1.807) is 30.6 Å². The molecule has 0 radical (unpaired) electrons. The SMILES string of the molecule is COc1ccc2nc(N3CCN(CCNC(=O)c4cc5cc([N+](=O)[O-])ccc5s4)CC3)sc2c1. The molecule has 11 heteroatoms. The second-order valence-corrected chi connectivity index (χ2v) is 10.1. The molecule has 0 spiro atoms. The number of ether oxygens (including phenoxy) is 1. The third kappa shape index (κ3) is 4.67. The molecule has 1 aliphatic heterocycles. The number of non-ortho nitro benzene ring substituents is 1. The van der Waals surface area contributed by atoms with E-state index < -0.39 is 4.92 Å². The van der Waals surface area contributed by atoms with Crippen LogP contribution in [0.15, 0.2) is 42.5 Å². The summed E-state index contributed by atoms with van der Waals surface area (Å²) in [6.45, 7) is 4.91. The van der Waals surface area contributed by atoms with Gasteiger partial charge in [0.1, 0.15) is 5.75 Å². The molecule has 5 rings (SSSR count). The van der Waals surface area contributed by atoms with Gasteiger partial charge in [0.25, 0.3) is 11.6 Å². The molecular weight excluding hydrogens is 474 g/mol. The summed E-state index contributed by atoms with van der Waals surface area (Å²) in [6.07, 6.45) is 0. The maximum atomic E-state index is 12.6. The van der Waals surface area contributed by atoms with Crippen molar-refractivity contribution in [2.24, 2.45) is 0 Å². The number of thiazole rings is 1. The van der Waals surface area contributed by atoms with E-state index in [1.807, 2.05) is 18.2 Å². The van der Waals surface area contributed by atoms with Crippen LogP contribution >= 0.6 is 22.7 Å². The summed E-state index contributed by atoms with van der Waals surface area (Å²) in [5, 5.41) is 15.7. The summed E-state index contributed by atoms with van der Waals surface area (Å²) in [6, 6.07) is 12.3. The van der Waals surface area contributed by atoms with Gasteiger partial charge in [-0.25, -0.2) is 4.98 Å². The van der Waals surface area contributed by atoms with E-state index in [9.17, 15) is 14.9 Å². The fourth-order valence-electron chi connectivity index (χ4n) is 3.99. The Balaban J connectivity index is 1.11. The molecule has 176 valence electrons. The number of fused-ring (bicyclic) bond motifs is 2. The second-order valence-electron chi connectivity index (χ2n) is 8.00. The summed E-state index contributed by atoms with van der Waals surface area (Å²) >= 11 is 3.03. The Morgan fingerprint density at radius 1 is 1.12 bits per heavy atom. The number of nitro benzene ring substituents is 1. The number of hydrogen-bond acceptors (Lipinski definition) is 9. The van der Waals surface area contributed by atoms with Crippen LogP contribution in [0.1, 0.15) is 9.67 Å². The highest BCUT2D eigenvalue weighted by molar-refractivity contribution is 7.22. The zero-order valence-electron chi connectivity index (χ0n) is 18.5. The quantitative estimate of drug-likeness (QED) is 0.304. The first-order valence-electron chi connectivity index (χ1n) is 10.9. The molecular formula is C23H23N5O4S2. The van der Waals surface area contributed by atoms with Crippen LogP contribution in [0.4, 0.5) is 10.8 Å². The summed E-state index contributed by atoms with van der Waals surface area (Å²) in [5.41, 5.74) is 1.02. The lowest BCUT2D eigenvalue weighted by Gasteiger charge is -2.34. The standard InChI is InChI=1S/C23H23N5O4S2/c1-32-17-3-4-18-20(14-17)34-23(25-18)27-10-8-26(9-11-27)7-6-24-22(29)21-13-15-12-16(28(30)31)2-5-19(15)33-21/h2-5,12-14H,6-11H2,1H3,(H,24,29). The normalized spacial score (nSPS) is 14.6. The van der Waals surface area contributed by atoms with Gasteiger partial charge >= 0.3 is 0 Å².